The standard InChI is InChI=1S/C17H16O/c1-2-12-11-16-14(13-7-4-3-5-8-13)9-6-10-15(16)17(12)18/h3-10,12H,2,11H2,1H3. The SMILES string of the molecule is CCC1Cc2c(cccc2-c2ccccc2)C1=O. The predicted octanol–water partition coefficient (Wildman–Crippen LogP) is 4.12. The number of rotatable bonds is 2. The molecule has 0 saturated carbocycles. The summed E-state index contributed by atoms with van der Waals surface area (Å²) in [5, 5.41) is 0. The highest BCUT2D eigenvalue weighted by Gasteiger charge is 2.30. The van der Waals surface area contributed by atoms with Crippen molar-refractivity contribution in [1.29, 1.82) is 0 Å². The number of hydrogen-bond donors (Lipinski definition) is 0. The molecule has 0 bridgehead atoms. The largest absolute Gasteiger partial charge is 0.294 e. The summed E-state index contributed by atoms with van der Waals surface area (Å²) in [7, 11) is 0. The molecule has 2 aromatic carbocycles. The Labute approximate surface area is 107 Å². The number of benzene rings is 2. The predicted molar refractivity (Wildman–Crippen MR) is 73.7 cm³/mol. The first-order chi connectivity index (χ1) is 8.81. The summed E-state index contributed by atoms with van der Waals surface area (Å²) in [6.07, 6.45) is 1.83. The zero-order valence-corrected chi connectivity index (χ0v) is 10.5. The van der Waals surface area contributed by atoms with E-state index in [1.165, 1.54) is 16.7 Å². The molecule has 0 spiro atoms. The maximum absolute atomic E-state index is 12.2. The Bertz CT molecular complexity index is 584. The van der Waals surface area contributed by atoms with Crippen molar-refractivity contribution < 1.29 is 4.79 Å². The van der Waals surface area contributed by atoms with Crippen molar-refractivity contribution >= 4 is 5.78 Å². The van der Waals surface area contributed by atoms with Crippen LogP contribution < -0.4 is 0 Å². The van der Waals surface area contributed by atoms with Gasteiger partial charge >= 0.3 is 0 Å². The van der Waals surface area contributed by atoms with Crippen molar-refractivity contribution in [3.8, 4) is 11.1 Å². The fraction of sp³-hybridized carbons (Fsp3) is 0.235. The number of Topliss-reactive ketones (excluding diaryl/α,β-unsaturated/α-hetero) is 1. The number of carbonyl (C=O) groups is 1. The van der Waals surface area contributed by atoms with Crippen LogP contribution in [-0.2, 0) is 6.42 Å². The van der Waals surface area contributed by atoms with Crippen molar-refractivity contribution in [3.63, 3.8) is 0 Å². The first kappa shape index (κ1) is 11.2. The Kier molecular flexibility index (Phi) is 2.75. The van der Waals surface area contributed by atoms with Crippen LogP contribution >= 0.6 is 0 Å². The van der Waals surface area contributed by atoms with Gasteiger partial charge in [-0.05, 0) is 29.5 Å². The summed E-state index contributed by atoms with van der Waals surface area (Å²) >= 11 is 0. The molecule has 2 aromatic rings. The summed E-state index contributed by atoms with van der Waals surface area (Å²) in [4.78, 5) is 12.2. The normalized spacial score (nSPS) is 17.8. The Morgan fingerprint density at radius 3 is 2.44 bits per heavy atom. The first-order valence-corrected chi connectivity index (χ1v) is 6.52. The smallest absolute Gasteiger partial charge is 0.166 e. The molecule has 0 radical (unpaired) electrons. The van der Waals surface area contributed by atoms with Crippen LogP contribution in [-0.4, -0.2) is 5.78 Å². The summed E-state index contributed by atoms with van der Waals surface area (Å²) in [5.74, 6) is 0.509. The van der Waals surface area contributed by atoms with E-state index in [4.69, 9.17) is 0 Å². The van der Waals surface area contributed by atoms with Crippen LogP contribution in [0.5, 0.6) is 0 Å². The Morgan fingerprint density at radius 1 is 1.00 bits per heavy atom. The molecule has 1 nitrogen and oxygen atoms in total. The molecule has 0 saturated heterocycles. The Morgan fingerprint density at radius 2 is 1.72 bits per heavy atom. The van der Waals surface area contributed by atoms with Crippen LogP contribution in [0.25, 0.3) is 11.1 Å². The molecule has 1 heteroatoms. The van der Waals surface area contributed by atoms with Gasteiger partial charge in [-0.15, -0.1) is 0 Å². The Balaban J connectivity index is 2.14. The first-order valence-electron chi connectivity index (χ1n) is 6.52. The van der Waals surface area contributed by atoms with Gasteiger partial charge in [0.05, 0.1) is 0 Å². The lowest BCUT2D eigenvalue weighted by Crippen LogP contribution is -2.06. The molecule has 1 aliphatic rings. The molecular weight excluding hydrogens is 220 g/mol. The average molecular weight is 236 g/mol. The molecule has 90 valence electrons. The fourth-order valence-corrected chi connectivity index (χ4v) is 2.81. The van der Waals surface area contributed by atoms with Crippen LogP contribution in [0.3, 0.4) is 0 Å². The van der Waals surface area contributed by atoms with Crippen LogP contribution in [0.1, 0.15) is 29.3 Å². The molecular formula is C17H16O. The van der Waals surface area contributed by atoms with Crippen LogP contribution in [0.2, 0.25) is 0 Å². The van der Waals surface area contributed by atoms with Crippen molar-refractivity contribution in [2.75, 3.05) is 0 Å². The van der Waals surface area contributed by atoms with Gasteiger partial charge in [-0.1, -0.05) is 55.5 Å². The van der Waals surface area contributed by atoms with E-state index >= 15 is 0 Å². The zero-order chi connectivity index (χ0) is 12.5. The summed E-state index contributed by atoms with van der Waals surface area (Å²) in [6, 6.07) is 16.4. The van der Waals surface area contributed by atoms with Crippen molar-refractivity contribution in [2.24, 2.45) is 5.92 Å². The molecule has 18 heavy (non-hydrogen) atoms. The minimum absolute atomic E-state index is 0.185. The minimum Gasteiger partial charge on any atom is -0.294 e. The fourth-order valence-electron chi connectivity index (χ4n) is 2.81. The molecule has 1 unspecified atom stereocenters. The number of ketones is 1. The highest BCUT2D eigenvalue weighted by atomic mass is 16.1. The third-order valence-corrected chi connectivity index (χ3v) is 3.84. The number of carbonyl (C=O) groups excluding carboxylic acids is 1. The summed E-state index contributed by atoms with van der Waals surface area (Å²) in [5.41, 5.74) is 4.60. The van der Waals surface area contributed by atoms with Gasteiger partial charge < -0.3 is 0 Å². The molecule has 0 amide bonds. The van der Waals surface area contributed by atoms with Crippen LogP contribution in [0.15, 0.2) is 48.5 Å². The highest BCUT2D eigenvalue weighted by Crippen LogP contribution is 2.35. The second kappa shape index (κ2) is 4.41. The second-order valence-electron chi connectivity index (χ2n) is 4.87. The van der Waals surface area contributed by atoms with E-state index in [-0.39, 0.29) is 5.92 Å². The van der Waals surface area contributed by atoms with Gasteiger partial charge in [-0.3, -0.25) is 4.79 Å². The number of fused-ring (bicyclic) bond motifs is 1. The van der Waals surface area contributed by atoms with Gasteiger partial charge in [0, 0.05) is 11.5 Å². The lowest BCUT2D eigenvalue weighted by molar-refractivity contribution is 0.0934. The molecule has 0 aliphatic heterocycles. The van der Waals surface area contributed by atoms with E-state index in [1.807, 2.05) is 30.3 Å². The Hall–Kier alpha value is -1.89. The minimum atomic E-state index is 0.185. The molecule has 0 heterocycles. The van der Waals surface area contributed by atoms with Crippen molar-refractivity contribution in [3.05, 3.63) is 59.7 Å². The lowest BCUT2D eigenvalue weighted by atomic mass is 9.96. The van der Waals surface area contributed by atoms with Gasteiger partial charge in [0.1, 0.15) is 0 Å². The number of hydrogen-bond acceptors (Lipinski definition) is 1. The molecule has 0 fully saturated rings. The topological polar surface area (TPSA) is 17.1 Å². The molecule has 1 atom stereocenters. The third kappa shape index (κ3) is 1.67. The third-order valence-electron chi connectivity index (χ3n) is 3.84. The molecule has 1 aliphatic carbocycles. The maximum Gasteiger partial charge on any atom is 0.166 e. The molecule has 0 aromatic heterocycles. The van der Waals surface area contributed by atoms with E-state index in [0.717, 1.165) is 18.4 Å². The van der Waals surface area contributed by atoms with E-state index in [1.54, 1.807) is 0 Å². The van der Waals surface area contributed by atoms with E-state index in [0.29, 0.717) is 5.78 Å². The van der Waals surface area contributed by atoms with Gasteiger partial charge in [0.15, 0.2) is 5.78 Å². The van der Waals surface area contributed by atoms with Gasteiger partial charge in [-0.25, -0.2) is 0 Å². The van der Waals surface area contributed by atoms with E-state index in [2.05, 4.69) is 25.1 Å². The average Bonchev–Trinajstić information content (AvgIpc) is 2.77. The van der Waals surface area contributed by atoms with Crippen LogP contribution in [0, 0.1) is 5.92 Å². The molecule has 3 rings (SSSR count). The van der Waals surface area contributed by atoms with Gasteiger partial charge in [-0.2, -0.15) is 0 Å². The molecule has 0 N–H and O–H groups in total. The van der Waals surface area contributed by atoms with Gasteiger partial charge in [0.2, 0.25) is 0 Å². The summed E-state index contributed by atoms with van der Waals surface area (Å²) in [6.45, 7) is 2.09. The van der Waals surface area contributed by atoms with Gasteiger partial charge in [0.25, 0.3) is 0 Å². The van der Waals surface area contributed by atoms with E-state index < -0.39 is 0 Å². The van der Waals surface area contributed by atoms with Crippen molar-refractivity contribution in [1.82, 2.24) is 0 Å². The zero-order valence-electron chi connectivity index (χ0n) is 10.5. The van der Waals surface area contributed by atoms with E-state index in [9.17, 15) is 4.79 Å². The second-order valence-corrected chi connectivity index (χ2v) is 4.87. The summed E-state index contributed by atoms with van der Waals surface area (Å²) < 4.78 is 0. The lowest BCUT2D eigenvalue weighted by Gasteiger charge is -2.07. The van der Waals surface area contributed by atoms with Crippen molar-refractivity contribution in [2.45, 2.75) is 19.8 Å². The maximum atomic E-state index is 12.2. The van der Waals surface area contributed by atoms with Crippen LogP contribution in [0.4, 0.5) is 0 Å². The quantitative estimate of drug-likeness (QED) is 0.766. The monoisotopic (exact) mass is 236 g/mol. The highest BCUT2D eigenvalue weighted by molar-refractivity contribution is 6.04.